The summed E-state index contributed by atoms with van der Waals surface area (Å²) in [7, 11) is 0. The lowest BCUT2D eigenvalue weighted by atomic mass is 10.0. The quantitative estimate of drug-likeness (QED) is 0.0320. The van der Waals surface area contributed by atoms with E-state index in [4.69, 9.17) is 4.74 Å². The highest BCUT2D eigenvalue weighted by atomic mass is 16.5. The van der Waals surface area contributed by atoms with Gasteiger partial charge in [0.1, 0.15) is 0 Å². The van der Waals surface area contributed by atoms with Crippen LogP contribution in [0.1, 0.15) is 438 Å². The first-order valence-electron chi connectivity index (χ1n) is 38.6. The van der Waals surface area contributed by atoms with Gasteiger partial charge in [0.05, 0.1) is 25.4 Å². The third-order valence-corrected chi connectivity index (χ3v) is 18.3. The normalized spacial score (nSPS) is 12.6. The van der Waals surface area contributed by atoms with Gasteiger partial charge in [-0.25, -0.2) is 0 Å². The Bertz CT molecular complexity index is 1320. The van der Waals surface area contributed by atoms with Gasteiger partial charge in [-0.2, -0.15) is 0 Å². The summed E-state index contributed by atoms with van der Waals surface area (Å²) in [5.41, 5.74) is 0. The molecule has 0 aliphatic carbocycles. The predicted molar refractivity (Wildman–Crippen MR) is 370 cm³/mol. The fourth-order valence-corrected chi connectivity index (χ4v) is 12.4. The number of esters is 1. The maximum absolute atomic E-state index is 12.5. The monoisotopic (exact) mass is 1180 g/mol. The zero-order valence-electron chi connectivity index (χ0n) is 57.2. The van der Waals surface area contributed by atoms with Crippen LogP contribution in [0.4, 0.5) is 0 Å². The number of aliphatic hydroxyl groups is 2. The van der Waals surface area contributed by atoms with E-state index in [-0.39, 0.29) is 18.5 Å². The summed E-state index contributed by atoms with van der Waals surface area (Å²) in [5.74, 6) is -0.00871. The molecule has 0 aliphatic heterocycles. The third kappa shape index (κ3) is 69.4. The maximum atomic E-state index is 12.5. The van der Waals surface area contributed by atoms with Crippen molar-refractivity contribution in [1.29, 1.82) is 0 Å². The SMILES string of the molecule is CCCCC/C=C\C/C=C\CCCCCCCCCCCC(=O)OCCCCCCCCCCCCCCCCCCCCCCCCCCCCCCCCCC(=O)NC(CO)C(O)CCCCCCCCCCCCCCCCCCC. The van der Waals surface area contributed by atoms with Crippen molar-refractivity contribution in [3.8, 4) is 0 Å². The molecule has 498 valence electrons. The van der Waals surface area contributed by atoms with E-state index in [0.29, 0.717) is 25.9 Å². The molecule has 0 rings (SSSR count). The highest BCUT2D eigenvalue weighted by Gasteiger charge is 2.20. The van der Waals surface area contributed by atoms with Gasteiger partial charge in [-0.1, -0.05) is 391 Å². The Balaban J connectivity index is 3.31. The summed E-state index contributed by atoms with van der Waals surface area (Å²) < 4.78 is 5.51. The Morgan fingerprint density at radius 3 is 0.929 bits per heavy atom. The molecule has 0 aliphatic rings. The Morgan fingerprint density at radius 1 is 0.333 bits per heavy atom. The van der Waals surface area contributed by atoms with Crippen LogP contribution < -0.4 is 5.32 Å². The third-order valence-electron chi connectivity index (χ3n) is 18.3. The lowest BCUT2D eigenvalue weighted by Gasteiger charge is -2.22. The molecule has 0 aromatic carbocycles. The van der Waals surface area contributed by atoms with E-state index in [1.807, 2.05) is 0 Å². The summed E-state index contributed by atoms with van der Waals surface area (Å²) >= 11 is 0. The first-order valence-corrected chi connectivity index (χ1v) is 38.6. The van der Waals surface area contributed by atoms with Crippen LogP contribution in [-0.2, 0) is 14.3 Å². The minimum Gasteiger partial charge on any atom is -0.466 e. The van der Waals surface area contributed by atoms with Crippen molar-refractivity contribution >= 4 is 11.9 Å². The summed E-state index contributed by atoms with van der Waals surface area (Å²) in [6.45, 7) is 4.98. The second-order valence-electron chi connectivity index (χ2n) is 26.7. The van der Waals surface area contributed by atoms with Crippen LogP contribution in [0, 0.1) is 0 Å². The second-order valence-corrected chi connectivity index (χ2v) is 26.7. The number of allylic oxidation sites excluding steroid dienone is 4. The van der Waals surface area contributed by atoms with Gasteiger partial charge in [-0.3, -0.25) is 9.59 Å². The van der Waals surface area contributed by atoms with E-state index in [2.05, 4.69) is 43.5 Å². The molecule has 0 aromatic rings. The fraction of sp³-hybridized carbons (Fsp3) is 0.923. The number of aliphatic hydroxyl groups excluding tert-OH is 2. The molecule has 0 heterocycles. The second kappa shape index (κ2) is 73.8. The predicted octanol–water partition coefficient (Wildman–Crippen LogP) is 25.3. The summed E-state index contributed by atoms with van der Waals surface area (Å²) in [5, 5.41) is 23.4. The summed E-state index contributed by atoms with van der Waals surface area (Å²) in [6, 6.07) is -0.538. The summed E-state index contributed by atoms with van der Waals surface area (Å²) in [4.78, 5) is 24.7. The molecule has 0 bridgehead atoms. The minimum atomic E-state index is -0.661. The molecule has 84 heavy (non-hydrogen) atoms. The van der Waals surface area contributed by atoms with Crippen molar-refractivity contribution in [2.45, 2.75) is 450 Å². The van der Waals surface area contributed by atoms with Crippen molar-refractivity contribution < 1.29 is 24.5 Å². The van der Waals surface area contributed by atoms with Gasteiger partial charge in [-0.15, -0.1) is 0 Å². The molecule has 6 heteroatoms. The summed E-state index contributed by atoms with van der Waals surface area (Å²) in [6.07, 6.45) is 94.0. The Kier molecular flexibility index (Phi) is 72.3. The molecule has 0 aromatic heterocycles. The van der Waals surface area contributed by atoms with Gasteiger partial charge in [0.2, 0.25) is 5.91 Å². The molecule has 6 nitrogen and oxygen atoms in total. The van der Waals surface area contributed by atoms with Gasteiger partial charge in [0.15, 0.2) is 0 Å². The van der Waals surface area contributed by atoms with Gasteiger partial charge in [-0.05, 0) is 57.8 Å². The Morgan fingerprint density at radius 2 is 0.595 bits per heavy atom. The highest BCUT2D eigenvalue weighted by Crippen LogP contribution is 2.20. The number of hydrogen-bond acceptors (Lipinski definition) is 5. The first kappa shape index (κ1) is 82.3. The van der Waals surface area contributed by atoms with E-state index in [0.717, 1.165) is 51.4 Å². The minimum absolute atomic E-state index is 0.0178. The number of nitrogens with one attached hydrogen (secondary N) is 1. The molecule has 0 radical (unpaired) electrons. The molecule has 2 unspecified atom stereocenters. The number of amides is 1. The molecule has 0 saturated carbocycles. The first-order chi connectivity index (χ1) is 41.5. The maximum Gasteiger partial charge on any atom is 0.305 e. The number of hydrogen-bond donors (Lipinski definition) is 3. The lowest BCUT2D eigenvalue weighted by Crippen LogP contribution is -2.45. The van der Waals surface area contributed by atoms with E-state index >= 15 is 0 Å². The van der Waals surface area contributed by atoms with E-state index in [9.17, 15) is 19.8 Å². The molecule has 2 atom stereocenters. The van der Waals surface area contributed by atoms with Crippen molar-refractivity contribution in [2.24, 2.45) is 0 Å². The molecular weight excluding hydrogens is 1030 g/mol. The number of carbonyl (C=O) groups excluding carboxylic acids is 2. The Hall–Kier alpha value is -1.66. The van der Waals surface area contributed by atoms with Crippen molar-refractivity contribution in [1.82, 2.24) is 5.32 Å². The number of unbranched alkanes of at least 4 members (excludes halogenated alkanes) is 58. The van der Waals surface area contributed by atoms with Crippen LogP contribution >= 0.6 is 0 Å². The van der Waals surface area contributed by atoms with Crippen LogP contribution in [-0.4, -0.2) is 47.4 Å². The zero-order chi connectivity index (χ0) is 60.6. The van der Waals surface area contributed by atoms with E-state index in [1.54, 1.807) is 0 Å². The van der Waals surface area contributed by atoms with Gasteiger partial charge < -0.3 is 20.3 Å². The average molecular weight is 1180 g/mol. The van der Waals surface area contributed by atoms with Crippen LogP contribution in [0.2, 0.25) is 0 Å². The molecule has 0 spiro atoms. The van der Waals surface area contributed by atoms with Crippen LogP contribution in [0.3, 0.4) is 0 Å². The van der Waals surface area contributed by atoms with Crippen molar-refractivity contribution in [2.75, 3.05) is 13.2 Å². The highest BCUT2D eigenvalue weighted by molar-refractivity contribution is 5.76. The van der Waals surface area contributed by atoms with Gasteiger partial charge in [0, 0.05) is 12.8 Å². The largest absolute Gasteiger partial charge is 0.466 e. The van der Waals surface area contributed by atoms with Crippen LogP contribution in [0.25, 0.3) is 0 Å². The van der Waals surface area contributed by atoms with Crippen molar-refractivity contribution in [3.63, 3.8) is 0 Å². The molecule has 0 saturated heterocycles. The van der Waals surface area contributed by atoms with Gasteiger partial charge >= 0.3 is 5.97 Å². The topological polar surface area (TPSA) is 95.9 Å². The molecule has 0 fully saturated rings. The van der Waals surface area contributed by atoms with Crippen LogP contribution in [0.15, 0.2) is 24.3 Å². The average Bonchev–Trinajstić information content (AvgIpc) is 3.51. The van der Waals surface area contributed by atoms with E-state index < -0.39 is 12.1 Å². The number of ether oxygens (including phenoxy) is 1. The molecule has 3 N–H and O–H groups in total. The zero-order valence-corrected chi connectivity index (χ0v) is 57.2. The lowest BCUT2D eigenvalue weighted by molar-refractivity contribution is -0.143. The smallest absolute Gasteiger partial charge is 0.305 e. The number of rotatable bonds is 73. The van der Waals surface area contributed by atoms with Gasteiger partial charge in [0.25, 0.3) is 0 Å². The molecular formula is C78H151NO5. The number of carbonyl (C=O) groups is 2. The van der Waals surface area contributed by atoms with Crippen LogP contribution in [0.5, 0.6) is 0 Å². The Labute approximate surface area is 526 Å². The fourth-order valence-electron chi connectivity index (χ4n) is 12.4. The van der Waals surface area contributed by atoms with E-state index in [1.165, 1.54) is 353 Å². The standard InChI is InChI=1S/C78H151NO5/c1-3-5-7-9-11-13-15-17-19-21-35-40-44-48-52-56-60-64-68-72-78(83)84-73-69-65-61-57-53-49-45-41-37-34-32-30-28-26-24-22-23-25-27-29-31-33-36-39-43-47-51-55-59-63-67-71-77(82)79-75(74-80)76(81)70-66-62-58-54-50-46-42-38-20-18-16-14-12-10-8-6-4-2/h11,13,17,19,75-76,80-81H,3-10,12,14-16,18,20-74H2,1-2H3,(H,79,82)/b13-11-,19-17-. The van der Waals surface area contributed by atoms with Crippen molar-refractivity contribution in [3.05, 3.63) is 24.3 Å². The molecule has 1 amide bonds.